The molecule has 0 spiro atoms. The first-order valence-electron chi connectivity index (χ1n) is 6.01. The summed E-state index contributed by atoms with van der Waals surface area (Å²) < 4.78 is 1.46. The molecule has 0 radical (unpaired) electrons. The molecule has 1 N–H and O–H groups in total. The molecule has 2 aromatic carbocycles. The number of carboxylic acids is 1. The second kappa shape index (κ2) is 3.74. The number of fused-ring (bicyclic) bond motifs is 5. The highest BCUT2D eigenvalue weighted by atomic mass is 16.4. The van der Waals surface area contributed by atoms with Gasteiger partial charge in [-0.3, -0.25) is 0 Å². The van der Waals surface area contributed by atoms with Gasteiger partial charge < -0.3 is 5.11 Å². The van der Waals surface area contributed by atoms with E-state index >= 15 is 0 Å². The van der Waals surface area contributed by atoms with Crippen molar-refractivity contribution >= 4 is 33.3 Å². The first-order chi connectivity index (χ1) is 9.75. The Balaban J connectivity index is 2.32. The largest absolute Gasteiger partial charge is 0.478 e. The lowest BCUT2D eigenvalue weighted by Gasteiger charge is -2.06. The molecule has 96 valence electrons. The van der Waals surface area contributed by atoms with Crippen LogP contribution in [0.3, 0.4) is 0 Å². The summed E-state index contributed by atoms with van der Waals surface area (Å²) in [6.07, 6.45) is 0. The van der Waals surface area contributed by atoms with E-state index in [0.717, 1.165) is 21.7 Å². The summed E-state index contributed by atoms with van der Waals surface area (Å²) in [5.74, 6) is -1.04. The molecule has 0 aliphatic rings. The van der Waals surface area contributed by atoms with Gasteiger partial charge in [0.2, 0.25) is 0 Å². The summed E-state index contributed by atoms with van der Waals surface area (Å²) >= 11 is 0. The SMILES string of the molecule is O=C(O)c1cc2c3ccccc3ccc2n2nnnc12. The van der Waals surface area contributed by atoms with Crippen molar-refractivity contribution < 1.29 is 9.90 Å². The third-order valence-electron chi connectivity index (χ3n) is 3.41. The fourth-order valence-corrected chi connectivity index (χ4v) is 2.50. The Labute approximate surface area is 112 Å². The minimum atomic E-state index is -1.04. The monoisotopic (exact) mass is 264 g/mol. The predicted molar refractivity (Wildman–Crippen MR) is 72.8 cm³/mol. The van der Waals surface area contributed by atoms with Crippen molar-refractivity contribution in [1.29, 1.82) is 0 Å². The van der Waals surface area contributed by atoms with E-state index in [0.29, 0.717) is 0 Å². The van der Waals surface area contributed by atoms with Gasteiger partial charge in [0.25, 0.3) is 0 Å². The van der Waals surface area contributed by atoms with E-state index in [9.17, 15) is 9.90 Å². The molecule has 0 atom stereocenters. The number of tetrazole rings is 1. The fraction of sp³-hybridized carbons (Fsp3) is 0. The van der Waals surface area contributed by atoms with Gasteiger partial charge in [0.1, 0.15) is 5.56 Å². The number of carbonyl (C=O) groups is 1. The molecular formula is C14H8N4O2. The maximum atomic E-state index is 11.4. The van der Waals surface area contributed by atoms with Gasteiger partial charge in [0.05, 0.1) is 5.52 Å². The van der Waals surface area contributed by atoms with Crippen molar-refractivity contribution in [3.8, 4) is 0 Å². The van der Waals surface area contributed by atoms with Crippen molar-refractivity contribution in [2.45, 2.75) is 0 Å². The van der Waals surface area contributed by atoms with Crippen molar-refractivity contribution in [2.24, 2.45) is 0 Å². The number of pyridine rings is 1. The Hall–Kier alpha value is -3.02. The quantitative estimate of drug-likeness (QED) is 0.533. The number of nitrogens with zero attached hydrogens (tertiary/aromatic N) is 4. The number of hydrogen-bond acceptors (Lipinski definition) is 4. The number of aromatic carboxylic acids is 1. The van der Waals surface area contributed by atoms with Crippen LogP contribution in [0.1, 0.15) is 10.4 Å². The second-order valence-electron chi connectivity index (χ2n) is 4.50. The molecule has 4 rings (SSSR count). The molecule has 6 heteroatoms. The maximum absolute atomic E-state index is 11.4. The van der Waals surface area contributed by atoms with Gasteiger partial charge in [-0.25, -0.2) is 4.79 Å². The van der Waals surface area contributed by atoms with E-state index < -0.39 is 5.97 Å². The molecule has 0 saturated heterocycles. The van der Waals surface area contributed by atoms with E-state index in [-0.39, 0.29) is 11.2 Å². The lowest BCUT2D eigenvalue weighted by molar-refractivity contribution is 0.0698. The fourth-order valence-electron chi connectivity index (χ4n) is 2.50. The minimum Gasteiger partial charge on any atom is -0.478 e. The van der Waals surface area contributed by atoms with E-state index in [1.807, 2.05) is 36.4 Å². The van der Waals surface area contributed by atoms with Crippen molar-refractivity contribution in [3.05, 3.63) is 48.0 Å². The molecular weight excluding hydrogens is 256 g/mol. The Kier molecular flexibility index (Phi) is 2.03. The number of rotatable bonds is 1. The van der Waals surface area contributed by atoms with Crippen LogP contribution in [0, 0.1) is 0 Å². The third kappa shape index (κ3) is 1.33. The molecule has 2 aromatic heterocycles. The lowest BCUT2D eigenvalue weighted by Crippen LogP contribution is -2.02. The summed E-state index contributed by atoms with van der Waals surface area (Å²) in [6.45, 7) is 0. The molecule has 0 bridgehead atoms. The molecule has 2 heterocycles. The van der Waals surface area contributed by atoms with E-state index in [1.54, 1.807) is 6.07 Å². The number of carboxylic acid groups (broad SMARTS) is 1. The molecule has 0 aliphatic heterocycles. The number of aromatic nitrogens is 4. The molecule has 0 aliphatic carbocycles. The van der Waals surface area contributed by atoms with E-state index in [2.05, 4.69) is 15.5 Å². The third-order valence-corrected chi connectivity index (χ3v) is 3.41. The van der Waals surface area contributed by atoms with Gasteiger partial charge in [0.15, 0.2) is 5.65 Å². The molecule has 0 saturated carbocycles. The predicted octanol–water partition coefficient (Wildman–Crippen LogP) is 2.13. The van der Waals surface area contributed by atoms with Gasteiger partial charge in [-0.05, 0) is 33.3 Å². The van der Waals surface area contributed by atoms with Crippen LogP contribution in [0.2, 0.25) is 0 Å². The zero-order chi connectivity index (χ0) is 13.7. The highest BCUT2D eigenvalue weighted by molar-refractivity contribution is 6.10. The van der Waals surface area contributed by atoms with Gasteiger partial charge in [-0.15, -0.1) is 5.10 Å². The van der Waals surface area contributed by atoms with Crippen LogP contribution >= 0.6 is 0 Å². The maximum Gasteiger partial charge on any atom is 0.339 e. The van der Waals surface area contributed by atoms with E-state index in [4.69, 9.17) is 0 Å². The summed E-state index contributed by atoms with van der Waals surface area (Å²) in [4.78, 5) is 11.4. The van der Waals surface area contributed by atoms with Crippen LogP contribution in [0.4, 0.5) is 0 Å². The Morgan fingerprint density at radius 2 is 1.95 bits per heavy atom. The van der Waals surface area contributed by atoms with Crippen molar-refractivity contribution in [2.75, 3.05) is 0 Å². The molecule has 0 unspecified atom stereocenters. The lowest BCUT2D eigenvalue weighted by atomic mass is 10.0. The molecule has 4 aromatic rings. The number of hydrogen-bond donors (Lipinski definition) is 1. The average molecular weight is 264 g/mol. The van der Waals surface area contributed by atoms with Crippen LogP contribution in [-0.2, 0) is 0 Å². The minimum absolute atomic E-state index is 0.0962. The molecule has 0 amide bonds. The Bertz CT molecular complexity index is 990. The highest BCUT2D eigenvalue weighted by Crippen LogP contribution is 2.27. The van der Waals surface area contributed by atoms with Crippen LogP contribution in [0.25, 0.3) is 27.3 Å². The highest BCUT2D eigenvalue weighted by Gasteiger charge is 2.16. The normalized spacial score (nSPS) is 11.4. The Morgan fingerprint density at radius 1 is 1.10 bits per heavy atom. The van der Waals surface area contributed by atoms with Crippen LogP contribution in [0.5, 0.6) is 0 Å². The first-order valence-corrected chi connectivity index (χ1v) is 6.01. The molecule has 20 heavy (non-hydrogen) atoms. The first kappa shape index (κ1) is 10.9. The topological polar surface area (TPSA) is 80.4 Å². The van der Waals surface area contributed by atoms with Gasteiger partial charge in [-0.2, -0.15) is 4.52 Å². The van der Waals surface area contributed by atoms with Gasteiger partial charge in [0, 0.05) is 5.39 Å². The summed E-state index contributed by atoms with van der Waals surface area (Å²) in [5, 5.41) is 23.4. The number of benzene rings is 2. The van der Waals surface area contributed by atoms with Crippen LogP contribution in [0.15, 0.2) is 42.5 Å². The van der Waals surface area contributed by atoms with E-state index in [1.165, 1.54) is 4.52 Å². The standard InChI is InChI=1S/C14H8N4O2/c19-14(20)11-7-10-9-4-2-1-3-8(9)5-6-12(10)18-13(11)15-16-17-18/h1-7H,(H,19,20). The van der Waals surface area contributed by atoms with Gasteiger partial charge >= 0.3 is 5.97 Å². The molecule has 6 nitrogen and oxygen atoms in total. The van der Waals surface area contributed by atoms with Crippen LogP contribution in [-0.4, -0.2) is 31.1 Å². The summed E-state index contributed by atoms with van der Waals surface area (Å²) in [7, 11) is 0. The summed E-state index contributed by atoms with van der Waals surface area (Å²) in [5.41, 5.74) is 1.13. The van der Waals surface area contributed by atoms with Crippen molar-refractivity contribution in [1.82, 2.24) is 20.0 Å². The smallest absolute Gasteiger partial charge is 0.339 e. The Morgan fingerprint density at radius 3 is 2.80 bits per heavy atom. The second-order valence-corrected chi connectivity index (χ2v) is 4.50. The van der Waals surface area contributed by atoms with Crippen molar-refractivity contribution in [3.63, 3.8) is 0 Å². The zero-order valence-corrected chi connectivity index (χ0v) is 10.2. The molecule has 0 fully saturated rings. The zero-order valence-electron chi connectivity index (χ0n) is 10.2. The van der Waals surface area contributed by atoms with Gasteiger partial charge in [-0.1, -0.05) is 30.3 Å². The average Bonchev–Trinajstić information content (AvgIpc) is 2.95. The summed E-state index contributed by atoms with van der Waals surface area (Å²) in [6, 6.07) is 13.3. The van der Waals surface area contributed by atoms with Crippen LogP contribution < -0.4 is 0 Å².